The van der Waals surface area contributed by atoms with Gasteiger partial charge in [-0.1, -0.05) is 0 Å². The van der Waals surface area contributed by atoms with Crippen molar-refractivity contribution in [2.75, 3.05) is 4.90 Å². The van der Waals surface area contributed by atoms with Gasteiger partial charge < -0.3 is 9.47 Å². The van der Waals surface area contributed by atoms with Crippen LogP contribution in [0.1, 0.15) is 41.5 Å². The van der Waals surface area contributed by atoms with Crippen molar-refractivity contribution >= 4 is 34.1 Å². The van der Waals surface area contributed by atoms with Gasteiger partial charge in [-0.05, 0) is 57.5 Å². The van der Waals surface area contributed by atoms with E-state index in [0.29, 0.717) is 9.37 Å². The molecule has 0 saturated carbocycles. The van der Waals surface area contributed by atoms with E-state index in [2.05, 4.69) is 25.9 Å². The Bertz CT molecular complexity index is 519. The van der Waals surface area contributed by atoms with Crippen LogP contribution in [0.2, 0.25) is 0 Å². The van der Waals surface area contributed by atoms with Crippen molar-refractivity contribution in [3.8, 4) is 0 Å². The van der Waals surface area contributed by atoms with Gasteiger partial charge in [0.15, 0.2) is 0 Å². The molecule has 0 unspecified atom stereocenters. The summed E-state index contributed by atoms with van der Waals surface area (Å²) in [5, 5.41) is 0. The van der Waals surface area contributed by atoms with Crippen LogP contribution in [0.15, 0.2) is 16.9 Å². The summed E-state index contributed by atoms with van der Waals surface area (Å²) in [6.07, 6.45) is 1.04. The third-order valence-corrected chi connectivity index (χ3v) is 2.37. The second-order valence-electron chi connectivity index (χ2n) is 6.50. The second kappa shape index (κ2) is 6.60. The Morgan fingerprint density at radius 2 is 1.32 bits per heavy atom. The molecule has 0 radical (unpaired) electrons. The first-order chi connectivity index (χ1) is 9.89. The molecule has 0 aliphatic carbocycles. The molecular formula is C14H20BrN3O4. The molecule has 0 aliphatic heterocycles. The fraction of sp³-hybridized carbons (Fsp3) is 0.571. The number of hydrogen-bond acceptors (Lipinski definition) is 6. The average Bonchev–Trinajstić information content (AvgIpc) is 2.27. The van der Waals surface area contributed by atoms with Gasteiger partial charge >= 0.3 is 12.2 Å². The number of carbonyl (C=O) groups is 2. The molecule has 0 atom stereocenters. The van der Waals surface area contributed by atoms with E-state index in [9.17, 15) is 9.59 Å². The van der Waals surface area contributed by atoms with Crippen molar-refractivity contribution in [2.45, 2.75) is 52.7 Å². The predicted octanol–water partition coefficient (Wildman–Crippen LogP) is 3.92. The summed E-state index contributed by atoms with van der Waals surface area (Å²) < 4.78 is 11.0. The molecule has 2 amide bonds. The molecule has 0 aromatic carbocycles. The van der Waals surface area contributed by atoms with Gasteiger partial charge in [0.1, 0.15) is 11.2 Å². The van der Waals surface area contributed by atoms with Crippen LogP contribution in [0.3, 0.4) is 0 Å². The van der Waals surface area contributed by atoms with Gasteiger partial charge in [-0.3, -0.25) is 0 Å². The number of anilines is 1. The first-order valence-electron chi connectivity index (χ1n) is 6.63. The number of amides is 2. The van der Waals surface area contributed by atoms with E-state index in [1.807, 2.05) is 0 Å². The van der Waals surface area contributed by atoms with Crippen molar-refractivity contribution in [1.82, 2.24) is 9.97 Å². The van der Waals surface area contributed by atoms with Crippen molar-refractivity contribution < 1.29 is 19.1 Å². The summed E-state index contributed by atoms with van der Waals surface area (Å²) in [5.74, 6) is -0.119. The molecular weight excluding hydrogens is 354 g/mol. The molecule has 0 N–H and O–H groups in total. The van der Waals surface area contributed by atoms with Crippen LogP contribution >= 0.6 is 15.9 Å². The summed E-state index contributed by atoms with van der Waals surface area (Å²) in [6, 6.07) is 0. The van der Waals surface area contributed by atoms with Crippen LogP contribution in [0.4, 0.5) is 15.5 Å². The van der Waals surface area contributed by atoms with E-state index in [0.717, 1.165) is 0 Å². The van der Waals surface area contributed by atoms with Crippen molar-refractivity contribution in [3.63, 3.8) is 0 Å². The summed E-state index contributed by atoms with van der Waals surface area (Å²) in [4.78, 5) is 33.1. The van der Waals surface area contributed by atoms with Gasteiger partial charge in [0.25, 0.3) is 0 Å². The number of halogens is 1. The molecule has 0 spiro atoms. The van der Waals surface area contributed by atoms with Gasteiger partial charge in [0.2, 0.25) is 5.95 Å². The maximum Gasteiger partial charge on any atom is 0.427 e. The first-order valence-corrected chi connectivity index (χ1v) is 7.42. The van der Waals surface area contributed by atoms with Gasteiger partial charge in [0.05, 0.1) is 4.47 Å². The van der Waals surface area contributed by atoms with E-state index >= 15 is 0 Å². The minimum absolute atomic E-state index is 0.119. The van der Waals surface area contributed by atoms with Gasteiger partial charge in [0, 0.05) is 12.4 Å². The zero-order valence-electron chi connectivity index (χ0n) is 13.5. The molecule has 0 aliphatic rings. The Hall–Kier alpha value is -1.70. The lowest BCUT2D eigenvalue weighted by atomic mass is 10.2. The van der Waals surface area contributed by atoms with Crippen LogP contribution in [0.25, 0.3) is 0 Å². The quantitative estimate of drug-likeness (QED) is 0.741. The number of ether oxygens (including phenoxy) is 2. The number of carbonyl (C=O) groups excluding carboxylic acids is 2. The van der Waals surface area contributed by atoms with E-state index in [1.165, 1.54) is 12.4 Å². The highest BCUT2D eigenvalue weighted by Gasteiger charge is 2.34. The second-order valence-corrected chi connectivity index (χ2v) is 7.41. The number of aromatic nitrogens is 2. The highest BCUT2D eigenvalue weighted by atomic mass is 79.9. The molecule has 0 saturated heterocycles. The normalized spacial score (nSPS) is 11.8. The predicted molar refractivity (Wildman–Crippen MR) is 84.7 cm³/mol. The largest absolute Gasteiger partial charge is 0.443 e. The van der Waals surface area contributed by atoms with Crippen LogP contribution in [-0.4, -0.2) is 33.4 Å². The van der Waals surface area contributed by atoms with Gasteiger partial charge in [-0.15, -0.1) is 4.90 Å². The Morgan fingerprint density at radius 1 is 0.955 bits per heavy atom. The van der Waals surface area contributed by atoms with Crippen molar-refractivity contribution in [1.29, 1.82) is 0 Å². The molecule has 122 valence electrons. The molecule has 0 fully saturated rings. The summed E-state index contributed by atoms with van der Waals surface area (Å²) >= 11 is 3.19. The molecule has 1 rings (SSSR count). The van der Waals surface area contributed by atoms with Crippen LogP contribution in [-0.2, 0) is 9.47 Å². The molecule has 0 bridgehead atoms. The molecule has 7 nitrogen and oxygen atoms in total. The van der Waals surface area contributed by atoms with E-state index in [-0.39, 0.29) is 5.95 Å². The average molecular weight is 374 g/mol. The maximum absolute atomic E-state index is 12.3. The third-order valence-electron chi connectivity index (χ3n) is 1.96. The third kappa shape index (κ3) is 5.97. The minimum atomic E-state index is -0.899. The molecule has 1 heterocycles. The summed E-state index contributed by atoms with van der Waals surface area (Å²) in [6.45, 7) is 10.2. The van der Waals surface area contributed by atoms with Gasteiger partial charge in [-0.2, -0.15) is 0 Å². The zero-order chi connectivity index (χ0) is 17.1. The van der Waals surface area contributed by atoms with E-state index in [1.54, 1.807) is 41.5 Å². The number of nitrogens with zero attached hydrogens (tertiary/aromatic N) is 3. The molecule has 1 aromatic rings. The first kappa shape index (κ1) is 18.3. The lowest BCUT2D eigenvalue weighted by molar-refractivity contribution is 0.0427. The highest BCUT2D eigenvalue weighted by molar-refractivity contribution is 9.10. The van der Waals surface area contributed by atoms with Crippen LogP contribution in [0.5, 0.6) is 0 Å². The highest BCUT2D eigenvalue weighted by Crippen LogP contribution is 2.19. The minimum Gasteiger partial charge on any atom is -0.443 e. The maximum atomic E-state index is 12.3. The number of imide groups is 1. The fourth-order valence-corrected chi connectivity index (χ4v) is 1.48. The smallest absolute Gasteiger partial charge is 0.427 e. The Morgan fingerprint density at radius 3 is 1.64 bits per heavy atom. The Kier molecular flexibility index (Phi) is 5.50. The van der Waals surface area contributed by atoms with Crippen LogP contribution < -0.4 is 4.90 Å². The summed E-state index contributed by atoms with van der Waals surface area (Å²) in [5.41, 5.74) is -1.54. The molecule has 1 aromatic heterocycles. The van der Waals surface area contributed by atoms with E-state index < -0.39 is 23.4 Å². The number of rotatable bonds is 1. The summed E-state index contributed by atoms with van der Waals surface area (Å²) in [7, 11) is 0. The Balaban J connectivity index is 3.12. The monoisotopic (exact) mass is 373 g/mol. The van der Waals surface area contributed by atoms with Crippen molar-refractivity contribution in [2.24, 2.45) is 0 Å². The standard InChI is InChI=1S/C14H20BrN3O4/c1-13(2,3)21-11(19)18(12(20)22-14(4,5)6)10-16-7-9(15)8-17-10/h7-8H,1-6H3. The van der Waals surface area contributed by atoms with Gasteiger partial charge in [-0.25, -0.2) is 19.6 Å². The number of hydrogen-bond donors (Lipinski definition) is 0. The topological polar surface area (TPSA) is 81.6 Å². The van der Waals surface area contributed by atoms with Crippen LogP contribution in [0, 0.1) is 0 Å². The zero-order valence-corrected chi connectivity index (χ0v) is 15.1. The van der Waals surface area contributed by atoms with E-state index in [4.69, 9.17) is 9.47 Å². The Labute approximate surface area is 138 Å². The lowest BCUT2D eigenvalue weighted by Gasteiger charge is -2.27. The lowest BCUT2D eigenvalue weighted by Crippen LogP contribution is -2.44. The molecule has 8 heteroatoms. The molecule has 22 heavy (non-hydrogen) atoms. The SMILES string of the molecule is CC(C)(C)OC(=O)N(C(=O)OC(C)(C)C)c1ncc(Br)cn1. The van der Waals surface area contributed by atoms with Crippen molar-refractivity contribution in [3.05, 3.63) is 16.9 Å². The fourth-order valence-electron chi connectivity index (χ4n) is 1.27.